The Morgan fingerprint density at radius 3 is 2.86 bits per heavy atom. The van der Waals surface area contributed by atoms with Gasteiger partial charge >= 0.3 is 0 Å². The molecule has 2 aliphatic heterocycles. The summed E-state index contributed by atoms with van der Waals surface area (Å²) in [6, 6.07) is 5.96. The van der Waals surface area contributed by atoms with E-state index >= 15 is 0 Å². The van der Waals surface area contributed by atoms with Crippen LogP contribution in [0.15, 0.2) is 29.2 Å². The Bertz CT molecular complexity index is 662. The first-order valence-corrected chi connectivity index (χ1v) is 8.41. The topological polar surface area (TPSA) is 57.7 Å². The van der Waals surface area contributed by atoms with Gasteiger partial charge in [0.05, 0.1) is 4.90 Å². The number of benzene rings is 1. The van der Waals surface area contributed by atoms with Crippen molar-refractivity contribution in [2.75, 3.05) is 19.6 Å². The molecule has 0 spiro atoms. The maximum Gasteiger partial charge on any atom is 0.243 e. The van der Waals surface area contributed by atoms with E-state index in [2.05, 4.69) is 0 Å². The molecule has 2 heterocycles. The largest absolute Gasteiger partial charge is 0.337 e. The molecular weight excluding hydrogens is 295 g/mol. The second kappa shape index (κ2) is 5.38. The van der Waals surface area contributed by atoms with Gasteiger partial charge in [0.1, 0.15) is 6.67 Å². The van der Waals surface area contributed by atoms with Crippen molar-refractivity contribution in [2.24, 2.45) is 0 Å². The number of amides is 1. The summed E-state index contributed by atoms with van der Waals surface area (Å²) in [7, 11) is -3.62. The normalized spacial score (nSPS) is 23.4. The number of carbonyl (C=O) groups excluding carboxylic acids is 1. The zero-order valence-electron chi connectivity index (χ0n) is 11.5. The molecule has 0 saturated carbocycles. The summed E-state index contributed by atoms with van der Waals surface area (Å²) in [5.41, 5.74) is 0.353. The fourth-order valence-electron chi connectivity index (χ4n) is 2.99. The van der Waals surface area contributed by atoms with Crippen molar-refractivity contribution in [3.8, 4) is 0 Å². The molecule has 2 aliphatic rings. The van der Waals surface area contributed by atoms with Crippen LogP contribution in [-0.4, -0.2) is 49.2 Å². The molecule has 1 aromatic carbocycles. The Morgan fingerprint density at radius 1 is 1.29 bits per heavy atom. The van der Waals surface area contributed by atoms with Crippen molar-refractivity contribution >= 4 is 15.9 Å². The fourth-order valence-corrected chi connectivity index (χ4v) is 4.53. The number of carbonyl (C=O) groups is 1. The third-order valence-electron chi connectivity index (χ3n) is 4.15. The number of hydrogen-bond acceptors (Lipinski definition) is 3. The molecule has 0 aromatic heterocycles. The Labute approximate surface area is 123 Å². The molecule has 1 unspecified atom stereocenters. The van der Waals surface area contributed by atoms with Gasteiger partial charge in [-0.3, -0.25) is 4.79 Å². The third kappa shape index (κ3) is 2.55. The molecule has 21 heavy (non-hydrogen) atoms. The molecule has 5 nitrogen and oxygen atoms in total. The van der Waals surface area contributed by atoms with Gasteiger partial charge in [-0.05, 0) is 24.1 Å². The van der Waals surface area contributed by atoms with Gasteiger partial charge in [-0.1, -0.05) is 12.1 Å². The van der Waals surface area contributed by atoms with Gasteiger partial charge in [-0.2, -0.15) is 4.31 Å². The van der Waals surface area contributed by atoms with Crippen molar-refractivity contribution < 1.29 is 17.6 Å². The lowest BCUT2D eigenvalue weighted by Gasteiger charge is -2.36. The number of rotatable bonds is 3. The van der Waals surface area contributed by atoms with E-state index in [0.29, 0.717) is 38.0 Å². The quantitative estimate of drug-likeness (QED) is 0.841. The van der Waals surface area contributed by atoms with Crippen molar-refractivity contribution in [1.82, 2.24) is 9.21 Å². The molecule has 2 fully saturated rings. The fraction of sp³-hybridized carbons (Fsp3) is 0.500. The number of fused-ring (bicyclic) bond motifs is 1. The molecular formula is C14H17FN2O3S. The predicted molar refractivity (Wildman–Crippen MR) is 74.7 cm³/mol. The minimum atomic E-state index is -3.62. The van der Waals surface area contributed by atoms with Gasteiger partial charge in [0, 0.05) is 32.1 Å². The van der Waals surface area contributed by atoms with Crippen LogP contribution in [0.3, 0.4) is 0 Å². The van der Waals surface area contributed by atoms with Gasteiger partial charge in [0.15, 0.2) is 0 Å². The zero-order chi connectivity index (χ0) is 15.0. The second-order valence-corrected chi connectivity index (χ2v) is 7.36. The average molecular weight is 312 g/mol. The summed E-state index contributed by atoms with van der Waals surface area (Å²) in [6.07, 6.45) is 1.20. The minimum Gasteiger partial charge on any atom is -0.337 e. The molecule has 7 heteroatoms. The maximum atomic E-state index is 12.7. The number of sulfonamides is 1. The molecule has 0 N–H and O–H groups in total. The average Bonchev–Trinajstić information content (AvgIpc) is 2.88. The zero-order valence-corrected chi connectivity index (χ0v) is 12.4. The van der Waals surface area contributed by atoms with Crippen molar-refractivity contribution in [3.05, 3.63) is 29.8 Å². The van der Waals surface area contributed by atoms with Crippen LogP contribution in [0.2, 0.25) is 0 Å². The molecule has 1 aromatic rings. The van der Waals surface area contributed by atoms with E-state index in [4.69, 9.17) is 0 Å². The summed E-state index contributed by atoms with van der Waals surface area (Å²) in [5, 5.41) is 0. The molecule has 1 atom stereocenters. The molecule has 0 bridgehead atoms. The second-order valence-electron chi connectivity index (χ2n) is 5.42. The highest BCUT2D eigenvalue weighted by Gasteiger charge is 2.39. The number of halogens is 1. The van der Waals surface area contributed by atoms with Crippen LogP contribution in [0.4, 0.5) is 4.39 Å². The van der Waals surface area contributed by atoms with E-state index in [0.717, 1.165) is 0 Å². The standard InChI is InChI=1S/C14H17FN2O3S/c15-9-11-2-1-3-13(8-11)21(19,20)16-6-7-17-12(10-16)4-5-14(17)18/h1-3,8,12H,4-7,9-10H2. The van der Waals surface area contributed by atoms with Crippen molar-refractivity contribution in [3.63, 3.8) is 0 Å². The Hall–Kier alpha value is -1.47. The Kier molecular flexibility index (Phi) is 3.71. The summed E-state index contributed by atoms with van der Waals surface area (Å²) in [6.45, 7) is 0.373. The predicted octanol–water partition coefficient (Wildman–Crippen LogP) is 1.15. The molecule has 114 valence electrons. The van der Waals surface area contributed by atoms with E-state index in [-0.39, 0.29) is 16.8 Å². The van der Waals surface area contributed by atoms with Crippen molar-refractivity contribution in [1.29, 1.82) is 0 Å². The molecule has 0 aliphatic carbocycles. The highest BCUT2D eigenvalue weighted by Crippen LogP contribution is 2.27. The van der Waals surface area contributed by atoms with Gasteiger partial charge in [0.2, 0.25) is 15.9 Å². The van der Waals surface area contributed by atoms with Crippen LogP contribution >= 0.6 is 0 Å². The van der Waals surface area contributed by atoms with E-state index in [1.165, 1.54) is 16.4 Å². The van der Waals surface area contributed by atoms with Gasteiger partial charge in [0.25, 0.3) is 0 Å². The van der Waals surface area contributed by atoms with Crippen molar-refractivity contribution in [2.45, 2.75) is 30.5 Å². The van der Waals surface area contributed by atoms with Crippen LogP contribution in [0.25, 0.3) is 0 Å². The van der Waals surface area contributed by atoms with Gasteiger partial charge < -0.3 is 4.90 Å². The van der Waals surface area contributed by atoms with Crippen LogP contribution < -0.4 is 0 Å². The lowest BCUT2D eigenvalue weighted by Crippen LogP contribution is -2.53. The van der Waals surface area contributed by atoms with E-state index in [1.54, 1.807) is 17.0 Å². The van der Waals surface area contributed by atoms with E-state index in [9.17, 15) is 17.6 Å². The number of nitrogens with zero attached hydrogens (tertiary/aromatic N) is 2. The first kappa shape index (κ1) is 14.5. The summed E-state index contributed by atoms with van der Waals surface area (Å²) in [5.74, 6) is 0.108. The molecule has 0 radical (unpaired) electrons. The van der Waals surface area contributed by atoms with Gasteiger partial charge in [-0.25, -0.2) is 12.8 Å². The first-order chi connectivity index (χ1) is 10.0. The third-order valence-corrected chi connectivity index (χ3v) is 6.01. The van der Waals surface area contributed by atoms with Crippen LogP contribution in [0, 0.1) is 0 Å². The highest BCUT2D eigenvalue weighted by atomic mass is 32.2. The summed E-state index contributed by atoms with van der Waals surface area (Å²) < 4.78 is 39.4. The van der Waals surface area contributed by atoms with Crippen LogP contribution in [-0.2, 0) is 21.5 Å². The number of piperazine rings is 1. The number of hydrogen-bond donors (Lipinski definition) is 0. The maximum absolute atomic E-state index is 12.7. The Balaban J connectivity index is 1.84. The SMILES string of the molecule is O=C1CCC2CN(S(=O)(=O)c3cccc(CF)c3)CCN12. The minimum absolute atomic E-state index is 0.0228. The summed E-state index contributed by atoms with van der Waals surface area (Å²) >= 11 is 0. The Morgan fingerprint density at radius 2 is 2.10 bits per heavy atom. The van der Waals surface area contributed by atoms with E-state index < -0.39 is 16.7 Å². The molecule has 1 amide bonds. The van der Waals surface area contributed by atoms with Crippen LogP contribution in [0.1, 0.15) is 18.4 Å². The number of alkyl halides is 1. The molecule has 2 saturated heterocycles. The molecule has 3 rings (SSSR count). The van der Waals surface area contributed by atoms with Crippen LogP contribution in [0.5, 0.6) is 0 Å². The lowest BCUT2D eigenvalue weighted by atomic mass is 10.2. The lowest BCUT2D eigenvalue weighted by molar-refractivity contribution is -0.130. The highest BCUT2D eigenvalue weighted by molar-refractivity contribution is 7.89. The smallest absolute Gasteiger partial charge is 0.243 e. The van der Waals surface area contributed by atoms with Gasteiger partial charge in [-0.15, -0.1) is 0 Å². The summed E-state index contributed by atoms with van der Waals surface area (Å²) in [4.78, 5) is 13.5. The van der Waals surface area contributed by atoms with E-state index in [1.807, 2.05) is 0 Å². The monoisotopic (exact) mass is 312 g/mol. The first-order valence-electron chi connectivity index (χ1n) is 6.97.